The van der Waals surface area contributed by atoms with E-state index in [1.54, 1.807) is 0 Å². The topological polar surface area (TPSA) is 94.3 Å². The van der Waals surface area contributed by atoms with Gasteiger partial charge >= 0.3 is 23.3 Å². The molecule has 1 atom stereocenters. The first kappa shape index (κ1) is 23.2. The number of primary sulfonamides is 1. The van der Waals surface area contributed by atoms with Gasteiger partial charge in [0, 0.05) is 0 Å². The van der Waals surface area contributed by atoms with E-state index in [1.807, 2.05) is 0 Å². The van der Waals surface area contributed by atoms with Gasteiger partial charge in [0.2, 0.25) is 19.9 Å². The number of alkyl halides is 9. The number of nitrogens with two attached hydrogens (primary N) is 1. The molecule has 5 nitrogen and oxygen atoms in total. The number of halogens is 9. The highest BCUT2D eigenvalue weighted by molar-refractivity contribution is 8.08. The van der Waals surface area contributed by atoms with Gasteiger partial charge in [-0.05, 0) is 6.42 Å². The molecule has 0 aliphatic carbocycles. The van der Waals surface area contributed by atoms with Crippen LogP contribution in [0.2, 0.25) is 0 Å². The van der Waals surface area contributed by atoms with Crippen LogP contribution >= 0.6 is 0 Å². The quantitative estimate of drug-likeness (QED) is 0.641. The van der Waals surface area contributed by atoms with Gasteiger partial charge in [0.05, 0.1) is 0 Å². The zero-order chi connectivity index (χ0) is 20.0. The van der Waals surface area contributed by atoms with Crippen molar-refractivity contribution < 1.29 is 56.3 Å². The van der Waals surface area contributed by atoms with Crippen LogP contribution in [0.25, 0.3) is 0 Å². The molecule has 0 radical (unpaired) electrons. The molecule has 0 fully saturated rings. The summed E-state index contributed by atoms with van der Waals surface area (Å²) in [6, 6.07) is 0. The van der Waals surface area contributed by atoms with Crippen molar-refractivity contribution in [3.63, 3.8) is 0 Å². The van der Waals surface area contributed by atoms with Crippen LogP contribution < -0.4 is 5.14 Å². The van der Waals surface area contributed by atoms with Gasteiger partial charge in [0.25, 0.3) is 0 Å². The summed E-state index contributed by atoms with van der Waals surface area (Å²) in [6.07, 6.45) is -9.13. The summed E-state index contributed by atoms with van der Waals surface area (Å²) in [5, 5.41) is -2.79. The molecule has 1 unspecified atom stereocenters. The van der Waals surface area contributed by atoms with Crippen LogP contribution in [0.15, 0.2) is 0 Å². The van der Waals surface area contributed by atoms with Crippen molar-refractivity contribution >= 4 is 19.9 Å². The third-order valence-electron chi connectivity index (χ3n) is 2.71. The number of hydrogen-bond acceptors (Lipinski definition) is 4. The summed E-state index contributed by atoms with van der Waals surface area (Å²) >= 11 is 0. The average molecular weight is 419 g/mol. The Balaban J connectivity index is 6.50. The molecule has 0 aromatic carbocycles. The van der Waals surface area contributed by atoms with E-state index in [2.05, 4.69) is 5.14 Å². The van der Waals surface area contributed by atoms with Gasteiger partial charge in [-0.15, -0.1) is 0 Å². The number of rotatable bonds is 7. The molecule has 0 spiro atoms. The molecule has 0 amide bonds. The Labute approximate surface area is 130 Å². The van der Waals surface area contributed by atoms with Crippen molar-refractivity contribution in [1.29, 1.82) is 0 Å². The Bertz CT molecular complexity index is 668. The maximum Gasteiger partial charge on any atom is 0.460 e. The van der Waals surface area contributed by atoms with Gasteiger partial charge < -0.3 is 0 Å². The molecule has 2 N–H and O–H groups in total. The van der Waals surface area contributed by atoms with Crippen molar-refractivity contribution in [1.82, 2.24) is 0 Å². The van der Waals surface area contributed by atoms with Crippen molar-refractivity contribution in [3.05, 3.63) is 0 Å². The second-order valence-corrected chi connectivity index (χ2v) is 8.73. The largest absolute Gasteiger partial charge is 0.460 e. The molecule has 0 bridgehead atoms. The van der Waals surface area contributed by atoms with E-state index in [1.165, 1.54) is 0 Å². The standard InChI is InChI=1S/C8H10F9NO4S2/c1-2-3-4(24(18,21)22)23(19,20)8(16,17)6(11,12)5(9,10)7(13,14)15/h4H,2-3H2,1H3,(H2,18,21,22). The van der Waals surface area contributed by atoms with Crippen LogP contribution in [0, 0.1) is 0 Å². The summed E-state index contributed by atoms with van der Waals surface area (Å²) < 4.78 is 156. The summed E-state index contributed by atoms with van der Waals surface area (Å²) in [5.41, 5.74) is 0. The van der Waals surface area contributed by atoms with Crippen LogP contribution in [-0.4, -0.2) is 44.7 Å². The highest BCUT2D eigenvalue weighted by atomic mass is 32.3. The lowest BCUT2D eigenvalue weighted by molar-refractivity contribution is -0.382. The Morgan fingerprint density at radius 1 is 0.833 bits per heavy atom. The minimum absolute atomic E-state index is 0.558. The molecule has 146 valence electrons. The number of hydrogen-bond donors (Lipinski definition) is 1. The van der Waals surface area contributed by atoms with Crippen molar-refractivity contribution in [2.24, 2.45) is 5.14 Å². The molecular formula is C8H10F9NO4S2. The third-order valence-corrected chi connectivity index (χ3v) is 7.14. The fraction of sp³-hybridized carbons (Fsp3) is 1.00. The minimum atomic E-state index is -7.49. The van der Waals surface area contributed by atoms with E-state index < -0.39 is 60.6 Å². The highest BCUT2D eigenvalue weighted by Gasteiger charge is 2.86. The predicted octanol–water partition coefficient (Wildman–Crippen LogP) is 2.24. The van der Waals surface area contributed by atoms with Crippen molar-refractivity contribution in [2.45, 2.75) is 47.6 Å². The SMILES string of the molecule is CCCC(S(N)(=O)=O)S(=O)(=O)C(F)(F)C(F)(F)C(F)(F)C(F)(F)F. The highest BCUT2D eigenvalue weighted by Crippen LogP contribution is 2.55. The fourth-order valence-electron chi connectivity index (χ4n) is 1.44. The molecule has 24 heavy (non-hydrogen) atoms. The third kappa shape index (κ3) is 3.44. The van der Waals surface area contributed by atoms with Gasteiger partial charge in [-0.1, -0.05) is 13.3 Å². The summed E-state index contributed by atoms with van der Waals surface area (Å²) in [7, 11) is -12.6. The van der Waals surface area contributed by atoms with E-state index >= 15 is 0 Å². The Morgan fingerprint density at radius 3 is 1.46 bits per heavy atom. The Kier molecular flexibility index (Phi) is 5.99. The van der Waals surface area contributed by atoms with Crippen LogP contribution in [0.3, 0.4) is 0 Å². The van der Waals surface area contributed by atoms with E-state index in [-0.39, 0.29) is 0 Å². The Morgan fingerprint density at radius 2 is 1.21 bits per heavy atom. The first-order valence-corrected chi connectivity index (χ1v) is 8.80. The van der Waals surface area contributed by atoms with Crippen LogP contribution in [-0.2, 0) is 19.9 Å². The zero-order valence-electron chi connectivity index (χ0n) is 11.4. The summed E-state index contributed by atoms with van der Waals surface area (Å²) in [6.45, 7) is 0.994. The van der Waals surface area contributed by atoms with Gasteiger partial charge in [-0.2, -0.15) is 39.5 Å². The molecule has 0 heterocycles. The first-order chi connectivity index (χ1) is 10.2. The van der Waals surface area contributed by atoms with Crippen LogP contribution in [0.1, 0.15) is 19.8 Å². The van der Waals surface area contributed by atoms with Gasteiger partial charge in [0.1, 0.15) is 0 Å². The molecule has 0 aliphatic rings. The maximum absolute atomic E-state index is 13.5. The van der Waals surface area contributed by atoms with Crippen molar-refractivity contribution in [3.8, 4) is 0 Å². The second kappa shape index (κ2) is 6.19. The van der Waals surface area contributed by atoms with Crippen molar-refractivity contribution in [2.75, 3.05) is 0 Å². The second-order valence-electron chi connectivity index (χ2n) is 4.52. The molecule has 0 rings (SSSR count). The number of sulfonamides is 1. The molecule has 16 heteroatoms. The normalized spacial score (nSPS) is 17.0. The lowest BCUT2D eigenvalue weighted by Crippen LogP contribution is -2.65. The van der Waals surface area contributed by atoms with E-state index in [4.69, 9.17) is 0 Å². The molecule has 0 aromatic heterocycles. The van der Waals surface area contributed by atoms with Crippen LogP contribution in [0.4, 0.5) is 39.5 Å². The minimum Gasteiger partial charge on any atom is -0.228 e. The lowest BCUT2D eigenvalue weighted by atomic mass is 10.1. The zero-order valence-corrected chi connectivity index (χ0v) is 13.1. The monoisotopic (exact) mass is 419 g/mol. The average Bonchev–Trinajstić information content (AvgIpc) is 2.32. The smallest absolute Gasteiger partial charge is 0.228 e. The van der Waals surface area contributed by atoms with E-state index in [0.29, 0.717) is 0 Å². The predicted molar refractivity (Wildman–Crippen MR) is 61.6 cm³/mol. The molecule has 0 aliphatic heterocycles. The first-order valence-electron chi connectivity index (χ1n) is 5.64. The van der Waals surface area contributed by atoms with Gasteiger partial charge in [0.15, 0.2) is 4.58 Å². The molecular weight excluding hydrogens is 409 g/mol. The summed E-state index contributed by atoms with van der Waals surface area (Å²) in [5.74, 6) is -15.0. The lowest BCUT2D eigenvalue weighted by Gasteiger charge is -2.34. The van der Waals surface area contributed by atoms with Crippen LogP contribution in [0.5, 0.6) is 0 Å². The molecule has 0 saturated heterocycles. The van der Waals surface area contributed by atoms with Gasteiger partial charge in [-0.25, -0.2) is 22.0 Å². The maximum atomic E-state index is 13.5. The summed E-state index contributed by atoms with van der Waals surface area (Å²) in [4.78, 5) is 0. The van der Waals surface area contributed by atoms with E-state index in [0.717, 1.165) is 6.92 Å². The van der Waals surface area contributed by atoms with Gasteiger partial charge in [-0.3, -0.25) is 0 Å². The number of sulfone groups is 1. The molecule has 0 aromatic rings. The Hall–Kier alpha value is -0.770. The molecule has 0 saturated carbocycles. The van der Waals surface area contributed by atoms with E-state index in [9.17, 15) is 56.3 Å². The fourth-order valence-corrected chi connectivity index (χ4v) is 5.14.